The third kappa shape index (κ3) is 3.31. The molecule has 24 heavy (non-hydrogen) atoms. The molecule has 0 aliphatic carbocycles. The molecular weight excluding hydrogens is 311 g/mol. The maximum Gasteiger partial charge on any atom is 0.410 e. The van der Waals surface area contributed by atoms with Crippen molar-refractivity contribution in [2.24, 2.45) is 0 Å². The number of nitrogens with one attached hydrogen (secondary N) is 1. The van der Waals surface area contributed by atoms with Gasteiger partial charge < -0.3 is 10.1 Å². The number of hydrogen-bond acceptors (Lipinski definition) is 5. The van der Waals surface area contributed by atoms with Crippen LogP contribution in [0.4, 0.5) is 9.18 Å². The van der Waals surface area contributed by atoms with E-state index in [2.05, 4.69) is 15.3 Å². The molecule has 1 unspecified atom stereocenters. The van der Waals surface area contributed by atoms with Crippen LogP contribution in [0.25, 0.3) is 10.9 Å². The Kier molecular flexibility index (Phi) is 4.36. The van der Waals surface area contributed by atoms with Crippen LogP contribution >= 0.6 is 0 Å². The first kappa shape index (κ1) is 16.6. The Morgan fingerprint density at radius 3 is 2.96 bits per heavy atom. The summed E-state index contributed by atoms with van der Waals surface area (Å²) < 4.78 is 20.4. The minimum atomic E-state index is -0.595. The molecule has 0 saturated carbocycles. The zero-order valence-corrected chi connectivity index (χ0v) is 14.0. The highest BCUT2D eigenvalue weighted by molar-refractivity contribution is 5.79. The molecule has 2 aromatic rings. The van der Waals surface area contributed by atoms with Crippen LogP contribution in [0.15, 0.2) is 24.7 Å². The lowest BCUT2D eigenvalue weighted by molar-refractivity contribution is 0.0115. The zero-order chi connectivity index (χ0) is 17.3. The van der Waals surface area contributed by atoms with E-state index in [0.29, 0.717) is 36.1 Å². The number of benzene rings is 1. The highest BCUT2D eigenvalue weighted by Crippen LogP contribution is 2.29. The van der Waals surface area contributed by atoms with E-state index in [0.717, 1.165) is 0 Å². The van der Waals surface area contributed by atoms with Crippen molar-refractivity contribution in [2.45, 2.75) is 32.4 Å². The Hall–Kier alpha value is -2.28. The van der Waals surface area contributed by atoms with Gasteiger partial charge in [-0.05, 0) is 26.8 Å². The van der Waals surface area contributed by atoms with Gasteiger partial charge in [-0.3, -0.25) is 4.90 Å². The number of aromatic nitrogens is 2. The molecule has 1 aromatic heterocycles. The SMILES string of the molecule is CC(C)(C)OC(=O)N1CCNCC1c1ccc2ncncc2c1F. The molecule has 7 heteroatoms. The second-order valence-electron chi connectivity index (χ2n) is 6.82. The van der Waals surface area contributed by atoms with Crippen molar-refractivity contribution in [1.29, 1.82) is 0 Å². The fraction of sp³-hybridized carbons (Fsp3) is 0.471. The molecule has 0 radical (unpaired) electrons. The van der Waals surface area contributed by atoms with Gasteiger partial charge in [-0.2, -0.15) is 0 Å². The van der Waals surface area contributed by atoms with E-state index in [9.17, 15) is 9.18 Å². The van der Waals surface area contributed by atoms with Gasteiger partial charge in [0.15, 0.2) is 0 Å². The summed E-state index contributed by atoms with van der Waals surface area (Å²) in [6, 6.07) is 3.00. The molecule has 1 aromatic carbocycles. The van der Waals surface area contributed by atoms with Crippen LogP contribution in [0.1, 0.15) is 32.4 Å². The quantitative estimate of drug-likeness (QED) is 0.869. The topological polar surface area (TPSA) is 67.3 Å². The number of piperazine rings is 1. The van der Waals surface area contributed by atoms with Gasteiger partial charge in [0.05, 0.1) is 16.9 Å². The number of hydrogen-bond donors (Lipinski definition) is 1. The molecule has 1 atom stereocenters. The van der Waals surface area contributed by atoms with E-state index in [1.165, 1.54) is 12.5 Å². The Balaban J connectivity index is 1.96. The first-order chi connectivity index (χ1) is 11.4. The van der Waals surface area contributed by atoms with Crippen LogP contribution < -0.4 is 5.32 Å². The minimum absolute atomic E-state index is 0.352. The molecule has 3 rings (SSSR count). The average molecular weight is 332 g/mol. The summed E-state index contributed by atoms with van der Waals surface area (Å²) in [5, 5.41) is 3.56. The molecule has 1 aliphatic heterocycles. The van der Waals surface area contributed by atoms with Gasteiger partial charge in [0.25, 0.3) is 0 Å². The van der Waals surface area contributed by atoms with Gasteiger partial charge in [-0.15, -0.1) is 0 Å². The van der Waals surface area contributed by atoms with Gasteiger partial charge >= 0.3 is 6.09 Å². The number of halogens is 1. The van der Waals surface area contributed by atoms with E-state index < -0.39 is 23.6 Å². The summed E-state index contributed by atoms with van der Waals surface area (Å²) in [5.41, 5.74) is 0.386. The molecule has 0 bridgehead atoms. The van der Waals surface area contributed by atoms with E-state index in [4.69, 9.17) is 4.74 Å². The minimum Gasteiger partial charge on any atom is -0.444 e. The lowest BCUT2D eigenvalue weighted by atomic mass is 10.0. The van der Waals surface area contributed by atoms with Gasteiger partial charge in [0, 0.05) is 31.4 Å². The molecule has 1 saturated heterocycles. The van der Waals surface area contributed by atoms with Crippen LogP contribution in [-0.2, 0) is 4.74 Å². The molecule has 1 N–H and O–H groups in total. The van der Waals surface area contributed by atoms with E-state index in [-0.39, 0.29) is 0 Å². The number of carbonyl (C=O) groups excluding carboxylic acids is 1. The van der Waals surface area contributed by atoms with E-state index in [1.807, 2.05) is 20.8 Å². The fourth-order valence-corrected chi connectivity index (χ4v) is 2.82. The molecule has 1 aliphatic rings. The number of ether oxygens (including phenoxy) is 1. The molecular formula is C17H21FN4O2. The Morgan fingerprint density at radius 1 is 1.42 bits per heavy atom. The summed E-state index contributed by atoms with van der Waals surface area (Å²) in [4.78, 5) is 22.0. The largest absolute Gasteiger partial charge is 0.444 e. The van der Waals surface area contributed by atoms with Crippen molar-refractivity contribution in [3.05, 3.63) is 36.0 Å². The van der Waals surface area contributed by atoms with Crippen molar-refractivity contribution >= 4 is 17.0 Å². The monoisotopic (exact) mass is 332 g/mol. The van der Waals surface area contributed by atoms with Crippen molar-refractivity contribution < 1.29 is 13.9 Å². The number of fused-ring (bicyclic) bond motifs is 1. The summed E-state index contributed by atoms with van der Waals surface area (Å²) in [7, 11) is 0. The third-order valence-corrected chi connectivity index (χ3v) is 3.88. The van der Waals surface area contributed by atoms with Crippen LogP contribution in [0.3, 0.4) is 0 Å². The van der Waals surface area contributed by atoms with Crippen LogP contribution in [0.2, 0.25) is 0 Å². The summed E-state index contributed by atoms with van der Waals surface area (Å²) in [6.07, 6.45) is 2.41. The second-order valence-corrected chi connectivity index (χ2v) is 6.82. The van der Waals surface area contributed by atoms with Crippen molar-refractivity contribution in [2.75, 3.05) is 19.6 Å². The number of nitrogens with zero attached hydrogens (tertiary/aromatic N) is 3. The molecule has 1 amide bonds. The molecule has 2 heterocycles. The standard InChI is InChI=1S/C17H21FN4O2/c1-17(2,3)24-16(23)22-7-6-19-9-14(22)11-4-5-13-12(15(11)18)8-20-10-21-13/h4-5,8,10,14,19H,6-7,9H2,1-3H3. The van der Waals surface area contributed by atoms with Crippen molar-refractivity contribution in [3.8, 4) is 0 Å². The molecule has 0 spiro atoms. The van der Waals surface area contributed by atoms with Gasteiger partial charge in [-0.1, -0.05) is 6.07 Å². The Bertz CT molecular complexity index is 760. The average Bonchev–Trinajstić information content (AvgIpc) is 2.54. The Labute approximate surface area is 140 Å². The smallest absolute Gasteiger partial charge is 0.410 e. The van der Waals surface area contributed by atoms with Crippen LogP contribution in [-0.4, -0.2) is 46.2 Å². The predicted octanol–water partition coefficient (Wildman–Crippen LogP) is 2.65. The first-order valence-corrected chi connectivity index (χ1v) is 7.95. The summed E-state index contributed by atoms with van der Waals surface area (Å²) in [5.74, 6) is -0.393. The predicted molar refractivity (Wildman–Crippen MR) is 88.0 cm³/mol. The van der Waals surface area contributed by atoms with Gasteiger partial charge in [0.2, 0.25) is 0 Å². The molecule has 6 nitrogen and oxygen atoms in total. The number of carbonyl (C=O) groups is 1. The summed E-state index contributed by atoms with van der Waals surface area (Å²) in [6.45, 7) is 7.02. The molecule has 1 fully saturated rings. The number of amides is 1. The van der Waals surface area contributed by atoms with E-state index in [1.54, 1.807) is 17.0 Å². The second kappa shape index (κ2) is 6.32. The van der Waals surface area contributed by atoms with Crippen molar-refractivity contribution in [3.63, 3.8) is 0 Å². The van der Waals surface area contributed by atoms with Crippen molar-refractivity contribution in [1.82, 2.24) is 20.2 Å². The van der Waals surface area contributed by atoms with Gasteiger partial charge in [0.1, 0.15) is 17.7 Å². The van der Waals surface area contributed by atoms with E-state index >= 15 is 0 Å². The molecule has 128 valence electrons. The normalized spacial score (nSPS) is 18.7. The fourth-order valence-electron chi connectivity index (χ4n) is 2.82. The third-order valence-electron chi connectivity index (χ3n) is 3.88. The highest BCUT2D eigenvalue weighted by atomic mass is 19.1. The van der Waals surface area contributed by atoms with Crippen LogP contribution in [0.5, 0.6) is 0 Å². The summed E-state index contributed by atoms with van der Waals surface area (Å²) >= 11 is 0. The lowest BCUT2D eigenvalue weighted by Crippen LogP contribution is -2.50. The lowest BCUT2D eigenvalue weighted by Gasteiger charge is -2.37. The number of rotatable bonds is 1. The highest BCUT2D eigenvalue weighted by Gasteiger charge is 2.33. The first-order valence-electron chi connectivity index (χ1n) is 7.95. The zero-order valence-electron chi connectivity index (χ0n) is 14.0. The van der Waals surface area contributed by atoms with Gasteiger partial charge in [-0.25, -0.2) is 19.2 Å². The maximum absolute atomic E-state index is 14.9. The van der Waals surface area contributed by atoms with Crippen LogP contribution in [0, 0.1) is 5.82 Å². The maximum atomic E-state index is 14.9. The Morgan fingerprint density at radius 2 is 2.21 bits per heavy atom.